The molecule has 29 heavy (non-hydrogen) atoms. The van der Waals surface area contributed by atoms with Crippen molar-refractivity contribution >= 4 is 17.5 Å². The predicted octanol–water partition coefficient (Wildman–Crippen LogP) is 4.99. The van der Waals surface area contributed by atoms with Crippen LogP contribution in [0.15, 0.2) is 48.8 Å². The first kappa shape index (κ1) is 20.9. The summed E-state index contributed by atoms with van der Waals surface area (Å²) in [6.07, 6.45) is -2.33. The van der Waals surface area contributed by atoms with Gasteiger partial charge in [0.1, 0.15) is 0 Å². The largest absolute Gasteiger partial charge is 0.417 e. The summed E-state index contributed by atoms with van der Waals surface area (Å²) >= 11 is 5.95. The van der Waals surface area contributed by atoms with Gasteiger partial charge in [-0.25, -0.2) is 9.67 Å². The smallest absolute Gasteiger partial charge is 0.348 e. The monoisotopic (exact) mass is 422 g/mol. The number of alkyl halides is 3. The molecule has 0 fully saturated rings. The molecule has 0 spiro atoms. The topological polar surface area (TPSA) is 59.8 Å². The minimum absolute atomic E-state index is 0.117. The number of carbonyl (C=O) groups excluding carboxylic acids is 1. The molecule has 0 saturated carbocycles. The fourth-order valence-electron chi connectivity index (χ4n) is 2.87. The fourth-order valence-corrected chi connectivity index (χ4v) is 3.09. The van der Waals surface area contributed by atoms with Crippen molar-refractivity contribution in [1.29, 1.82) is 0 Å². The van der Waals surface area contributed by atoms with E-state index in [0.717, 1.165) is 17.8 Å². The van der Waals surface area contributed by atoms with Gasteiger partial charge in [-0.3, -0.25) is 4.79 Å². The van der Waals surface area contributed by atoms with Crippen molar-refractivity contribution in [2.75, 3.05) is 0 Å². The summed E-state index contributed by atoms with van der Waals surface area (Å²) < 4.78 is 39.7. The molecule has 0 aliphatic heterocycles. The van der Waals surface area contributed by atoms with E-state index in [4.69, 9.17) is 11.6 Å². The molecule has 9 heteroatoms. The third-order valence-corrected chi connectivity index (χ3v) is 4.47. The second-order valence-electron chi connectivity index (χ2n) is 6.73. The molecule has 152 valence electrons. The molecule has 0 unspecified atom stereocenters. The minimum Gasteiger partial charge on any atom is -0.348 e. The van der Waals surface area contributed by atoms with Crippen LogP contribution in [0.2, 0.25) is 5.02 Å². The first-order valence-electron chi connectivity index (χ1n) is 8.81. The third-order valence-electron chi connectivity index (χ3n) is 4.23. The Labute approximate surface area is 170 Å². The second kappa shape index (κ2) is 8.24. The maximum Gasteiger partial charge on any atom is 0.417 e. The van der Waals surface area contributed by atoms with Crippen molar-refractivity contribution in [3.63, 3.8) is 0 Å². The van der Waals surface area contributed by atoms with Crippen molar-refractivity contribution in [3.8, 4) is 5.82 Å². The van der Waals surface area contributed by atoms with Crippen molar-refractivity contribution in [1.82, 2.24) is 20.1 Å². The number of halogens is 4. The molecular weight excluding hydrogens is 405 g/mol. The standard InChI is InChI=1S/C20H18ClF3N4O/c1-12(2)18-16(19(29)26-9-13-4-3-5-15(21)8-13)11-27-28(18)17-7-6-14(10-25-17)20(22,23)24/h3-8,10-12H,9H2,1-2H3,(H,26,29). The molecular formula is C20H18ClF3N4O. The highest BCUT2D eigenvalue weighted by molar-refractivity contribution is 6.30. The van der Waals surface area contributed by atoms with E-state index in [0.29, 0.717) is 16.3 Å². The van der Waals surface area contributed by atoms with Crippen molar-refractivity contribution in [2.45, 2.75) is 32.5 Å². The summed E-state index contributed by atoms with van der Waals surface area (Å²) in [4.78, 5) is 16.6. The van der Waals surface area contributed by atoms with Crippen LogP contribution in [0.5, 0.6) is 0 Å². The van der Waals surface area contributed by atoms with Crippen LogP contribution in [-0.4, -0.2) is 20.7 Å². The summed E-state index contributed by atoms with van der Waals surface area (Å²) in [5.41, 5.74) is 0.886. The van der Waals surface area contributed by atoms with Gasteiger partial charge in [0.25, 0.3) is 5.91 Å². The zero-order valence-electron chi connectivity index (χ0n) is 15.7. The maximum absolute atomic E-state index is 12.8. The highest BCUT2D eigenvalue weighted by Gasteiger charge is 2.31. The van der Waals surface area contributed by atoms with Crippen LogP contribution in [-0.2, 0) is 12.7 Å². The average molecular weight is 423 g/mol. The van der Waals surface area contributed by atoms with Crippen LogP contribution in [0, 0.1) is 0 Å². The lowest BCUT2D eigenvalue weighted by Gasteiger charge is -2.13. The van der Waals surface area contributed by atoms with Crippen LogP contribution in [0.1, 0.15) is 46.9 Å². The van der Waals surface area contributed by atoms with E-state index in [-0.39, 0.29) is 24.2 Å². The van der Waals surface area contributed by atoms with Gasteiger partial charge in [0.05, 0.1) is 23.0 Å². The van der Waals surface area contributed by atoms with Gasteiger partial charge in [0.2, 0.25) is 0 Å². The lowest BCUT2D eigenvalue weighted by Crippen LogP contribution is -2.24. The Balaban J connectivity index is 1.85. The van der Waals surface area contributed by atoms with Gasteiger partial charge >= 0.3 is 6.18 Å². The number of nitrogens with one attached hydrogen (secondary N) is 1. The lowest BCUT2D eigenvalue weighted by atomic mass is 10.1. The van der Waals surface area contributed by atoms with Gasteiger partial charge in [-0.1, -0.05) is 37.6 Å². The van der Waals surface area contributed by atoms with Gasteiger partial charge < -0.3 is 5.32 Å². The van der Waals surface area contributed by atoms with E-state index in [1.807, 2.05) is 19.9 Å². The molecule has 2 heterocycles. The first-order valence-corrected chi connectivity index (χ1v) is 9.19. The third kappa shape index (κ3) is 4.76. The Bertz CT molecular complexity index is 1010. The molecule has 0 aliphatic carbocycles. The molecule has 2 aromatic heterocycles. The highest BCUT2D eigenvalue weighted by atomic mass is 35.5. The van der Waals surface area contributed by atoms with E-state index in [2.05, 4.69) is 15.4 Å². The van der Waals surface area contributed by atoms with E-state index >= 15 is 0 Å². The Morgan fingerprint density at radius 1 is 1.21 bits per heavy atom. The zero-order valence-corrected chi connectivity index (χ0v) is 16.4. The summed E-state index contributed by atoms with van der Waals surface area (Å²) in [5.74, 6) is -0.254. The van der Waals surface area contributed by atoms with Gasteiger partial charge in [-0.05, 0) is 35.7 Å². The molecule has 3 aromatic rings. The molecule has 0 atom stereocenters. The molecule has 0 saturated heterocycles. The normalized spacial score (nSPS) is 11.7. The number of aromatic nitrogens is 3. The highest BCUT2D eigenvalue weighted by Crippen LogP contribution is 2.29. The zero-order chi connectivity index (χ0) is 21.2. The summed E-state index contributed by atoms with van der Waals surface area (Å²) in [7, 11) is 0. The fraction of sp³-hybridized carbons (Fsp3) is 0.250. The number of pyridine rings is 1. The Kier molecular flexibility index (Phi) is 5.93. The van der Waals surface area contributed by atoms with E-state index in [1.54, 1.807) is 18.2 Å². The number of hydrogen-bond donors (Lipinski definition) is 1. The summed E-state index contributed by atoms with van der Waals surface area (Å²) in [6, 6.07) is 9.29. The van der Waals surface area contributed by atoms with Crippen LogP contribution >= 0.6 is 11.6 Å². The van der Waals surface area contributed by atoms with E-state index in [9.17, 15) is 18.0 Å². The Hall–Kier alpha value is -2.87. The van der Waals surface area contributed by atoms with E-state index < -0.39 is 11.7 Å². The van der Waals surface area contributed by atoms with Crippen LogP contribution in [0.3, 0.4) is 0 Å². The quantitative estimate of drug-likeness (QED) is 0.630. The number of carbonyl (C=O) groups is 1. The summed E-state index contributed by atoms with van der Waals surface area (Å²) in [6.45, 7) is 4.01. The van der Waals surface area contributed by atoms with Crippen LogP contribution in [0.25, 0.3) is 5.82 Å². The van der Waals surface area contributed by atoms with Gasteiger partial charge in [0.15, 0.2) is 5.82 Å². The lowest BCUT2D eigenvalue weighted by molar-refractivity contribution is -0.137. The number of benzene rings is 1. The van der Waals surface area contributed by atoms with Crippen molar-refractivity contribution < 1.29 is 18.0 Å². The molecule has 0 radical (unpaired) electrons. The predicted molar refractivity (Wildman–Crippen MR) is 103 cm³/mol. The van der Waals surface area contributed by atoms with Crippen molar-refractivity contribution in [2.24, 2.45) is 0 Å². The number of amides is 1. The second-order valence-corrected chi connectivity index (χ2v) is 7.16. The van der Waals surface area contributed by atoms with Crippen molar-refractivity contribution in [3.05, 3.63) is 76.2 Å². The van der Waals surface area contributed by atoms with Gasteiger partial charge in [-0.15, -0.1) is 0 Å². The SMILES string of the molecule is CC(C)c1c(C(=O)NCc2cccc(Cl)c2)cnn1-c1ccc(C(F)(F)F)cn1. The summed E-state index contributed by atoms with van der Waals surface area (Å²) in [5, 5.41) is 7.56. The molecule has 0 bridgehead atoms. The molecule has 3 rings (SSSR count). The Morgan fingerprint density at radius 2 is 1.97 bits per heavy atom. The number of hydrogen-bond acceptors (Lipinski definition) is 3. The minimum atomic E-state index is -4.47. The number of rotatable bonds is 5. The molecule has 1 aromatic carbocycles. The average Bonchev–Trinajstić information content (AvgIpc) is 3.11. The molecule has 1 amide bonds. The van der Waals surface area contributed by atoms with Gasteiger partial charge in [0, 0.05) is 17.8 Å². The molecule has 1 N–H and O–H groups in total. The molecule has 5 nitrogen and oxygen atoms in total. The van der Waals surface area contributed by atoms with Crippen LogP contribution < -0.4 is 5.32 Å². The maximum atomic E-state index is 12.8. The van der Waals surface area contributed by atoms with Gasteiger partial charge in [-0.2, -0.15) is 18.3 Å². The first-order chi connectivity index (χ1) is 13.7. The van der Waals surface area contributed by atoms with E-state index in [1.165, 1.54) is 16.9 Å². The Morgan fingerprint density at radius 3 is 2.55 bits per heavy atom. The number of nitrogens with zero attached hydrogens (tertiary/aromatic N) is 3. The van der Waals surface area contributed by atoms with Crippen LogP contribution in [0.4, 0.5) is 13.2 Å². The molecule has 0 aliphatic rings.